The van der Waals surface area contributed by atoms with Gasteiger partial charge in [-0.05, 0) is 50.7 Å². The minimum absolute atomic E-state index is 0.00433. The van der Waals surface area contributed by atoms with Gasteiger partial charge in [-0.25, -0.2) is 0 Å². The number of aryl methyl sites for hydroxylation is 2. The van der Waals surface area contributed by atoms with Crippen LogP contribution in [-0.2, 0) is 14.4 Å². The van der Waals surface area contributed by atoms with E-state index in [1.165, 1.54) is 0 Å². The molecule has 3 saturated heterocycles. The summed E-state index contributed by atoms with van der Waals surface area (Å²) >= 11 is 1.67. The summed E-state index contributed by atoms with van der Waals surface area (Å²) in [5.74, 6) is -1.41. The maximum atomic E-state index is 14.8. The van der Waals surface area contributed by atoms with E-state index in [0.29, 0.717) is 32.5 Å². The molecule has 212 valence electrons. The number of aliphatic hydroxyl groups excluding tert-OH is 1. The Balaban J connectivity index is 1.83. The van der Waals surface area contributed by atoms with Gasteiger partial charge in [-0.1, -0.05) is 44.2 Å². The van der Waals surface area contributed by atoms with Gasteiger partial charge in [0.15, 0.2) is 0 Å². The second-order valence-electron chi connectivity index (χ2n) is 11.1. The Morgan fingerprint density at radius 1 is 1.18 bits per heavy atom. The minimum Gasteiger partial charge on any atom is -0.394 e. The van der Waals surface area contributed by atoms with E-state index in [0.717, 1.165) is 29.7 Å². The lowest BCUT2D eigenvalue weighted by Gasteiger charge is -2.40. The number of carbonyl (C=O) groups is 3. The van der Waals surface area contributed by atoms with Crippen LogP contribution in [0, 0.1) is 25.7 Å². The summed E-state index contributed by atoms with van der Waals surface area (Å²) in [5.41, 5.74) is 2.78. The van der Waals surface area contributed by atoms with Gasteiger partial charge in [0.1, 0.15) is 6.04 Å². The van der Waals surface area contributed by atoms with Gasteiger partial charge in [0.05, 0.1) is 29.2 Å². The number of fused-ring (bicyclic) bond motifs is 1. The molecule has 3 aliphatic rings. The van der Waals surface area contributed by atoms with Crippen molar-refractivity contribution in [1.82, 2.24) is 9.80 Å². The van der Waals surface area contributed by atoms with Crippen LogP contribution in [0.15, 0.2) is 43.5 Å². The van der Waals surface area contributed by atoms with Crippen molar-refractivity contribution in [2.75, 3.05) is 31.1 Å². The van der Waals surface area contributed by atoms with Crippen LogP contribution in [0.3, 0.4) is 0 Å². The number of amides is 3. The molecule has 1 spiro atoms. The van der Waals surface area contributed by atoms with Gasteiger partial charge >= 0.3 is 0 Å². The van der Waals surface area contributed by atoms with Crippen LogP contribution < -0.4 is 4.90 Å². The van der Waals surface area contributed by atoms with Crippen molar-refractivity contribution in [3.8, 4) is 0 Å². The lowest BCUT2D eigenvalue weighted by Crippen LogP contribution is -2.57. The molecule has 7 nitrogen and oxygen atoms in total. The molecule has 0 saturated carbocycles. The number of aliphatic hydroxyl groups is 1. The first-order valence-electron chi connectivity index (χ1n) is 14.2. The Morgan fingerprint density at radius 2 is 1.85 bits per heavy atom. The topological polar surface area (TPSA) is 81.2 Å². The third-order valence-corrected chi connectivity index (χ3v) is 10.7. The molecule has 3 fully saturated rings. The highest BCUT2D eigenvalue weighted by atomic mass is 32.2. The molecule has 6 atom stereocenters. The van der Waals surface area contributed by atoms with Crippen LogP contribution in [0.1, 0.15) is 50.7 Å². The average molecular weight is 554 g/mol. The summed E-state index contributed by atoms with van der Waals surface area (Å²) in [7, 11) is 0. The minimum atomic E-state index is -0.766. The van der Waals surface area contributed by atoms with E-state index in [1.807, 2.05) is 50.8 Å². The molecule has 1 aromatic rings. The fourth-order valence-corrected chi connectivity index (χ4v) is 9.38. The molecular weight excluding hydrogens is 510 g/mol. The summed E-state index contributed by atoms with van der Waals surface area (Å²) < 4.78 is -0.705. The zero-order chi connectivity index (χ0) is 28.5. The Hall–Kier alpha value is -2.58. The van der Waals surface area contributed by atoms with Crippen molar-refractivity contribution in [2.24, 2.45) is 11.8 Å². The number of thioether (sulfide) groups is 1. The standard InChI is InChI=1S/C31H43N3O4S/c1-7-16-32(17-8-2)28(36)24-23-14-15-31(39-23)25(24)29(37)34(22(10-4)19-35)27(31)30(38)33(18-9-3)26-20(5)12-11-13-21(26)6/h7,9,11-13,22-25,27,35H,1,3,8,10,14-19H2,2,4-6H3/t22-,23+,24-,25-,27?,31?/m0/s1. The van der Waals surface area contributed by atoms with Crippen molar-refractivity contribution < 1.29 is 19.5 Å². The number of hydrogen-bond donors (Lipinski definition) is 1. The SMILES string of the molecule is C=CCN(CCC)C(=O)[C@@H]1[C@H]2C(=O)N([C@@H](CC)CO)C(C(=O)N(CC=C)c3c(C)cccc3C)C23CC[C@H]1S3. The number of benzene rings is 1. The van der Waals surface area contributed by atoms with Gasteiger partial charge in [-0.3, -0.25) is 14.4 Å². The molecule has 8 heteroatoms. The number of anilines is 1. The predicted molar refractivity (Wildman–Crippen MR) is 158 cm³/mol. The summed E-state index contributed by atoms with van der Waals surface area (Å²) in [6.45, 7) is 16.8. The zero-order valence-corrected chi connectivity index (χ0v) is 24.6. The third kappa shape index (κ3) is 4.73. The second-order valence-corrected chi connectivity index (χ2v) is 12.7. The average Bonchev–Trinajstić information content (AvgIpc) is 3.56. The molecule has 2 bridgehead atoms. The van der Waals surface area contributed by atoms with Crippen molar-refractivity contribution >= 4 is 35.2 Å². The molecule has 0 aromatic heterocycles. The van der Waals surface area contributed by atoms with E-state index in [4.69, 9.17) is 0 Å². The lowest BCUT2D eigenvalue weighted by molar-refractivity contribution is -0.145. The number of likely N-dealkylation sites (tertiary alicyclic amines) is 1. The Kier molecular flexibility index (Phi) is 8.96. The molecule has 0 radical (unpaired) electrons. The summed E-state index contributed by atoms with van der Waals surface area (Å²) in [4.78, 5) is 48.3. The molecule has 3 heterocycles. The first kappa shape index (κ1) is 29.4. The summed E-state index contributed by atoms with van der Waals surface area (Å²) in [6.07, 6.45) is 6.27. The third-order valence-electron chi connectivity index (χ3n) is 8.77. The highest BCUT2D eigenvalue weighted by Gasteiger charge is 2.74. The molecule has 1 aromatic carbocycles. The van der Waals surface area contributed by atoms with E-state index < -0.39 is 28.7 Å². The number of para-hydroxylation sites is 1. The largest absolute Gasteiger partial charge is 0.394 e. The van der Waals surface area contributed by atoms with Crippen LogP contribution in [0.4, 0.5) is 5.69 Å². The fraction of sp³-hybridized carbons (Fsp3) is 0.581. The van der Waals surface area contributed by atoms with Gasteiger partial charge < -0.3 is 19.8 Å². The molecule has 39 heavy (non-hydrogen) atoms. The van der Waals surface area contributed by atoms with Gasteiger partial charge in [-0.2, -0.15) is 0 Å². The maximum Gasteiger partial charge on any atom is 0.251 e. The van der Waals surface area contributed by atoms with Crippen molar-refractivity contribution in [1.29, 1.82) is 0 Å². The normalized spacial score (nSPS) is 27.8. The van der Waals surface area contributed by atoms with Gasteiger partial charge in [0, 0.05) is 30.6 Å². The Labute approximate surface area is 237 Å². The van der Waals surface area contributed by atoms with E-state index in [-0.39, 0.29) is 29.6 Å². The van der Waals surface area contributed by atoms with Crippen LogP contribution >= 0.6 is 11.8 Å². The molecule has 3 amide bonds. The molecule has 3 aliphatic heterocycles. The zero-order valence-electron chi connectivity index (χ0n) is 23.8. The maximum absolute atomic E-state index is 14.8. The van der Waals surface area contributed by atoms with E-state index in [1.54, 1.807) is 33.7 Å². The van der Waals surface area contributed by atoms with E-state index in [2.05, 4.69) is 13.2 Å². The fourth-order valence-electron chi connectivity index (χ4n) is 7.19. The summed E-state index contributed by atoms with van der Waals surface area (Å²) in [5, 5.41) is 10.4. The van der Waals surface area contributed by atoms with Crippen LogP contribution in [0.5, 0.6) is 0 Å². The van der Waals surface area contributed by atoms with Gasteiger partial charge in [0.2, 0.25) is 11.8 Å². The second kappa shape index (κ2) is 11.9. The first-order chi connectivity index (χ1) is 18.7. The predicted octanol–water partition coefficient (Wildman–Crippen LogP) is 4.11. The van der Waals surface area contributed by atoms with Crippen LogP contribution in [-0.4, -0.2) is 80.9 Å². The molecule has 4 rings (SSSR count). The van der Waals surface area contributed by atoms with E-state index in [9.17, 15) is 19.5 Å². The Bertz CT molecular complexity index is 1110. The smallest absolute Gasteiger partial charge is 0.251 e. The summed E-state index contributed by atoms with van der Waals surface area (Å²) in [6, 6.07) is 4.68. The van der Waals surface area contributed by atoms with E-state index >= 15 is 0 Å². The van der Waals surface area contributed by atoms with Gasteiger partial charge in [0.25, 0.3) is 5.91 Å². The molecule has 2 unspecified atom stereocenters. The number of hydrogen-bond acceptors (Lipinski definition) is 5. The van der Waals surface area contributed by atoms with Crippen molar-refractivity contribution in [3.05, 3.63) is 54.6 Å². The van der Waals surface area contributed by atoms with Crippen LogP contribution in [0.25, 0.3) is 0 Å². The highest BCUT2D eigenvalue weighted by Crippen LogP contribution is 2.67. The first-order valence-corrected chi connectivity index (χ1v) is 15.1. The quantitative estimate of drug-likeness (QED) is 0.394. The number of nitrogens with zero attached hydrogens (tertiary/aromatic N) is 3. The number of carbonyl (C=O) groups excluding carboxylic acids is 3. The molecule has 0 aliphatic carbocycles. The monoisotopic (exact) mass is 553 g/mol. The lowest BCUT2D eigenvalue weighted by atomic mass is 9.70. The van der Waals surface area contributed by atoms with Crippen LogP contribution in [0.2, 0.25) is 0 Å². The van der Waals surface area contributed by atoms with Crippen molar-refractivity contribution in [3.63, 3.8) is 0 Å². The van der Waals surface area contributed by atoms with Gasteiger partial charge in [-0.15, -0.1) is 24.9 Å². The highest BCUT2D eigenvalue weighted by molar-refractivity contribution is 8.02. The van der Waals surface area contributed by atoms with Crippen molar-refractivity contribution in [2.45, 2.75) is 75.5 Å². The molecular formula is C31H43N3O4S. The number of rotatable bonds is 12. The Morgan fingerprint density at radius 3 is 2.41 bits per heavy atom. The molecule has 1 N–H and O–H groups in total.